The maximum atomic E-state index is 5.83. The third-order valence-electron chi connectivity index (χ3n) is 3.12. The third-order valence-corrected chi connectivity index (χ3v) is 3.92. The van der Waals surface area contributed by atoms with Gasteiger partial charge in [-0.15, -0.1) is 0 Å². The lowest BCUT2D eigenvalue weighted by Gasteiger charge is -2.16. The number of hydrogen-bond acceptors (Lipinski definition) is 4. The highest BCUT2D eigenvalue weighted by molar-refractivity contribution is 14.1. The number of rotatable bonds is 9. The smallest absolute Gasteiger partial charge is 0.174 e. The molecule has 0 radical (unpaired) electrons. The average molecular weight is 426 g/mol. The summed E-state index contributed by atoms with van der Waals surface area (Å²) < 4.78 is 12.6. The normalized spacial score (nSPS) is 10.4. The summed E-state index contributed by atoms with van der Waals surface area (Å²) in [4.78, 5) is 0. The molecule has 2 aromatic carbocycles. The van der Waals surface area contributed by atoms with Gasteiger partial charge in [0.1, 0.15) is 0 Å². The predicted octanol–water partition coefficient (Wildman–Crippen LogP) is 4.60. The summed E-state index contributed by atoms with van der Waals surface area (Å²) in [6, 6.07) is 14.2. The topological polar surface area (TPSA) is 42.5 Å². The van der Waals surface area contributed by atoms with Crippen molar-refractivity contribution in [3.05, 3.63) is 51.6 Å². The fourth-order valence-electron chi connectivity index (χ4n) is 2.10. The van der Waals surface area contributed by atoms with E-state index in [1.165, 1.54) is 0 Å². The molecule has 0 saturated carbocycles. The van der Waals surface area contributed by atoms with Crippen LogP contribution in [0.5, 0.6) is 11.5 Å². The minimum absolute atomic E-state index is 0.623. The van der Waals surface area contributed by atoms with Crippen LogP contribution in [0.15, 0.2) is 42.5 Å². The predicted molar refractivity (Wildman–Crippen MR) is 103 cm³/mol. The number of benzene rings is 2. The molecule has 0 spiro atoms. The van der Waals surface area contributed by atoms with Gasteiger partial charge in [-0.25, -0.2) is 5.43 Å². The first-order chi connectivity index (χ1) is 11.2. The molecule has 0 heterocycles. The zero-order valence-corrected chi connectivity index (χ0v) is 15.7. The lowest BCUT2D eigenvalue weighted by molar-refractivity contribution is 0.275. The number of ether oxygens (including phenoxy) is 2. The molecular weight excluding hydrogens is 403 g/mol. The van der Waals surface area contributed by atoms with Gasteiger partial charge in [0.25, 0.3) is 0 Å². The Morgan fingerprint density at radius 3 is 2.52 bits per heavy atom. The van der Waals surface area contributed by atoms with E-state index in [-0.39, 0.29) is 0 Å². The SMILES string of the molecule is CCCOc1c(I)cc(CNNc2ccccc2)cc1OCC. The van der Waals surface area contributed by atoms with Gasteiger partial charge in [-0.2, -0.15) is 0 Å². The van der Waals surface area contributed by atoms with Crippen molar-refractivity contribution < 1.29 is 9.47 Å². The van der Waals surface area contributed by atoms with Crippen LogP contribution >= 0.6 is 22.6 Å². The second kappa shape index (κ2) is 9.62. The summed E-state index contributed by atoms with van der Waals surface area (Å²) in [6.45, 7) is 6.10. The van der Waals surface area contributed by atoms with E-state index in [9.17, 15) is 0 Å². The highest BCUT2D eigenvalue weighted by atomic mass is 127. The lowest BCUT2D eigenvalue weighted by Crippen LogP contribution is -2.21. The van der Waals surface area contributed by atoms with Crippen molar-refractivity contribution in [3.8, 4) is 11.5 Å². The second-order valence-electron chi connectivity index (χ2n) is 5.03. The molecule has 124 valence electrons. The first kappa shape index (κ1) is 17.9. The molecule has 0 bridgehead atoms. The van der Waals surface area contributed by atoms with Crippen LogP contribution in [0.4, 0.5) is 5.69 Å². The zero-order chi connectivity index (χ0) is 16.5. The third kappa shape index (κ3) is 5.58. The van der Waals surface area contributed by atoms with Gasteiger partial charge >= 0.3 is 0 Å². The maximum absolute atomic E-state index is 5.83. The van der Waals surface area contributed by atoms with E-state index < -0.39 is 0 Å². The molecule has 0 aliphatic carbocycles. The van der Waals surface area contributed by atoms with E-state index in [0.29, 0.717) is 19.8 Å². The van der Waals surface area contributed by atoms with Gasteiger partial charge in [0, 0.05) is 12.2 Å². The minimum Gasteiger partial charge on any atom is -0.490 e. The number of anilines is 1. The summed E-state index contributed by atoms with van der Waals surface area (Å²) in [7, 11) is 0. The van der Waals surface area contributed by atoms with E-state index in [1.807, 2.05) is 43.3 Å². The fraction of sp³-hybridized carbons (Fsp3) is 0.333. The standard InChI is InChI=1S/C18H23IN2O2/c1-3-10-23-18-16(19)11-14(12-17(18)22-4-2)13-20-21-15-8-6-5-7-9-15/h5-9,11-12,20-21H,3-4,10,13H2,1-2H3. The van der Waals surface area contributed by atoms with Crippen molar-refractivity contribution >= 4 is 28.3 Å². The van der Waals surface area contributed by atoms with Crippen molar-refractivity contribution in [1.82, 2.24) is 5.43 Å². The molecule has 0 aliphatic rings. The van der Waals surface area contributed by atoms with Crippen molar-refractivity contribution in [1.29, 1.82) is 0 Å². The number of nitrogens with one attached hydrogen (secondary N) is 2. The van der Waals surface area contributed by atoms with Gasteiger partial charge in [0.15, 0.2) is 11.5 Å². The number of hydrazine groups is 1. The molecule has 2 aromatic rings. The highest BCUT2D eigenvalue weighted by Gasteiger charge is 2.12. The van der Waals surface area contributed by atoms with Crippen LogP contribution < -0.4 is 20.3 Å². The van der Waals surface area contributed by atoms with Crippen molar-refractivity contribution in [2.24, 2.45) is 0 Å². The molecule has 23 heavy (non-hydrogen) atoms. The molecule has 0 unspecified atom stereocenters. The molecule has 0 fully saturated rings. The Morgan fingerprint density at radius 2 is 1.83 bits per heavy atom. The molecule has 2 rings (SSSR count). The van der Waals surface area contributed by atoms with Crippen LogP contribution in [0.3, 0.4) is 0 Å². The molecule has 5 heteroatoms. The van der Waals surface area contributed by atoms with Gasteiger partial charge in [-0.3, -0.25) is 0 Å². The summed E-state index contributed by atoms with van der Waals surface area (Å²) in [5, 5.41) is 0. The number of para-hydroxylation sites is 1. The molecule has 4 nitrogen and oxygen atoms in total. The van der Waals surface area contributed by atoms with E-state index >= 15 is 0 Å². The Labute approximate surface area is 151 Å². The van der Waals surface area contributed by atoms with Crippen molar-refractivity contribution in [3.63, 3.8) is 0 Å². The van der Waals surface area contributed by atoms with Crippen LogP contribution in [-0.2, 0) is 6.54 Å². The van der Waals surface area contributed by atoms with E-state index in [1.54, 1.807) is 0 Å². The van der Waals surface area contributed by atoms with Gasteiger partial charge in [-0.05, 0) is 65.8 Å². The molecule has 0 aromatic heterocycles. The number of halogens is 1. The summed E-state index contributed by atoms with van der Waals surface area (Å²) >= 11 is 2.30. The minimum atomic E-state index is 0.623. The first-order valence-corrected chi connectivity index (χ1v) is 8.94. The Bertz CT molecular complexity index is 605. The van der Waals surface area contributed by atoms with E-state index in [4.69, 9.17) is 9.47 Å². The Hall–Kier alpha value is -1.47. The number of hydrogen-bond donors (Lipinski definition) is 2. The van der Waals surface area contributed by atoms with Crippen LogP contribution in [-0.4, -0.2) is 13.2 Å². The second-order valence-corrected chi connectivity index (χ2v) is 6.19. The van der Waals surface area contributed by atoms with Gasteiger partial charge in [0.2, 0.25) is 0 Å². The van der Waals surface area contributed by atoms with Crippen LogP contribution in [0.2, 0.25) is 0 Å². The maximum Gasteiger partial charge on any atom is 0.174 e. The van der Waals surface area contributed by atoms with Gasteiger partial charge in [0.05, 0.1) is 16.8 Å². The molecule has 0 aliphatic heterocycles. The lowest BCUT2D eigenvalue weighted by atomic mass is 10.2. The summed E-state index contributed by atoms with van der Waals surface area (Å²) in [5.74, 6) is 1.65. The largest absolute Gasteiger partial charge is 0.490 e. The zero-order valence-electron chi connectivity index (χ0n) is 13.6. The first-order valence-electron chi connectivity index (χ1n) is 7.86. The molecule has 0 saturated heterocycles. The van der Waals surface area contributed by atoms with Crippen LogP contribution in [0, 0.1) is 3.57 Å². The quantitative estimate of drug-likeness (QED) is 0.455. The molecule has 0 amide bonds. The Kier molecular flexibility index (Phi) is 7.48. The summed E-state index contributed by atoms with van der Waals surface area (Å²) in [5.41, 5.74) is 8.60. The van der Waals surface area contributed by atoms with Gasteiger partial charge < -0.3 is 14.9 Å². The molecular formula is C18H23IN2O2. The monoisotopic (exact) mass is 426 g/mol. The Balaban J connectivity index is 2.03. The summed E-state index contributed by atoms with van der Waals surface area (Å²) in [6.07, 6.45) is 0.978. The van der Waals surface area contributed by atoms with Crippen molar-refractivity contribution in [2.75, 3.05) is 18.6 Å². The molecule has 2 N–H and O–H groups in total. The van der Waals surface area contributed by atoms with Gasteiger partial charge in [-0.1, -0.05) is 25.1 Å². The Morgan fingerprint density at radius 1 is 1.04 bits per heavy atom. The van der Waals surface area contributed by atoms with Crippen LogP contribution in [0.1, 0.15) is 25.8 Å². The van der Waals surface area contributed by atoms with Crippen molar-refractivity contribution in [2.45, 2.75) is 26.8 Å². The fourth-order valence-corrected chi connectivity index (χ4v) is 2.92. The highest BCUT2D eigenvalue weighted by Crippen LogP contribution is 2.34. The average Bonchev–Trinajstić information content (AvgIpc) is 2.55. The molecule has 0 atom stereocenters. The van der Waals surface area contributed by atoms with E-state index in [0.717, 1.165) is 32.7 Å². The van der Waals surface area contributed by atoms with Crippen LogP contribution in [0.25, 0.3) is 0 Å². The van der Waals surface area contributed by atoms with E-state index in [2.05, 4.69) is 46.4 Å².